The van der Waals surface area contributed by atoms with Crippen molar-refractivity contribution in [2.45, 2.75) is 17.9 Å². The number of hydrogen-bond acceptors (Lipinski definition) is 3. The molecule has 2 N–H and O–H groups in total. The van der Waals surface area contributed by atoms with Crippen LogP contribution in [-0.4, -0.2) is 25.5 Å². The van der Waals surface area contributed by atoms with Crippen LogP contribution >= 0.6 is 0 Å². The van der Waals surface area contributed by atoms with Gasteiger partial charge in [0.1, 0.15) is 0 Å². The summed E-state index contributed by atoms with van der Waals surface area (Å²) in [5, 5.41) is 8.48. The molecule has 0 amide bonds. The van der Waals surface area contributed by atoms with Crippen molar-refractivity contribution in [3.63, 3.8) is 0 Å². The predicted octanol–water partition coefficient (Wildman–Crippen LogP) is 1.64. The van der Waals surface area contributed by atoms with Crippen LogP contribution in [0, 0.1) is 0 Å². The SMILES string of the molecule is C=CC(C)NS(=O)(=O)c1ccc(/C=C/C(=O)O)cc1. The zero-order valence-corrected chi connectivity index (χ0v) is 11.2. The van der Waals surface area contributed by atoms with Gasteiger partial charge in [-0.1, -0.05) is 18.2 Å². The molecule has 0 aliphatic carbocycles. The van der Waals surface area contributed by atoms with Crippen LogP contribution in [0.25, 0.3) is 6.08 Å². The van der Waals surface area contributed by atoms with Gasteiger partial charge in [0.25, 0.3) is 0 Å². The van der Waals surface area contributed by atoms with E-state index in [1.807, 2.05) is 0 Å². The molecule has 1 rings (SSSR count). The fraction of sp³-hybridized carbons (Fsp3) is 0.154. The van der Waals surface area contributed by atoms with Gasteiger partial charge >= 0.3 is 5.97 Å². The van der Waals surface area contributed by atoms with Crippen LogP contribution in [0.1, 0.15) is 12.5 Å². The first kappa shape index (κ1) is 15.1. The summed E-state index contributed by atoms with van der Waals surface area (Å²) in [6.07, 6.45) is 3.86. The second kappa shape index (κ2) is 6.31. The topological polar surface area (TPSA) is 83.5 Å². The van der Waals surface area contributed by atoms with E-state index in [1.165, 1.54) is 36.4 Å². The summed E-state index contributed by atoms with van der Waals surface area (Å²) in [6, 6.07) is 5.54. The maximum atomic E-state index is 11.9. The normalized spacial score (nSPS) is 13.3. The van der Waals surface area contributed by atoms with Gasteiger partial charge in [0.05, 0.1) is 4.90 Å². The molecule has 5 nitrogen and oxygen atoms in total. The molecule has 0 heterocycles. The highest BCUT2D eigenvalue weighted by atomic mass is 32.2. The van der Waals surface area contributed by atoms with Crippen molar-refractivity contribution in [1.29, 1.82) is 0 Å². The molecule has 0 radical (unpaired) electrons. The first-order chi connectivity index (χ1) is 8.85. The fourth-order valence-electron chi connectivity index (χ4n) is 1.29. The van der Waals surface area contributed by atoms with Gasteiger partial charge in [0, 0.05) is 12.1 Å². The van der Waals surface area contributed by atoms with Crippen LogP contribution in [0.5, 0.6) is 0 Å². The minimum atomic E-state index is -3.58. The van der Waals surface area contributed by atoms with Crippen molar-refractivity contribution < 1.29 is 18.3 Å². The van der Waals surface area contributed by atoms with Gasteiger partial charge in [0.15, 0.2) is 0 Å². The molecular weight excluding hydrogens is 266 g/mol. The average Bonchev–Trinajstić information content (AvgIpc) is 2.36. The van der Waals surface area contributed by atoms with Crippen molar-refractivity contribution >= 4 is 22.1 Å². The molecule has 0 fully saturated rings. The van der Waals surface area contributed by atoms with Crippen LogP contribution in [0.2, 0.25) is 0 Å². The molecule has 6 heteroatoms. The number of aliphatic carboxylic acids is 1. The Bertz CT molecular complexity index is 588. The van der Waals surface area contributed by atoms with Gasteiger partial charge in [-0.15, -0.1) is 6.58 Å². The fourth-order valence-corrected chi connectivity index (χ4v) is 2.50. The predicted molar refractivity (Wildman–Crippen MR) is 73.1 cm³/mol. The Morgan fingerprint density at radius 3 is 2.42 bits per heavy atom. The number of carboxylic acid groups (broad SMARTS) is 1. The molecule has 0 spiro atoms. The van der Waals surface area contributed by atoms with E-state index in [1.54, 1.807) is 6.92 Å². The average molecular weight is 281 g/mol. The molecule has 0 aliphatic rings. The zero-order valence-electron chi connectivity index (χ0n) is 10.4. The summed E-state index contributed by atoms with van der Waals surface area (Å²) in [5.41, 5.74) is 0.609. The van der Waals surface area contributed by atoms with Crippen LogP contribution in [0.3, 0.4) is 0 Å². The van der Waals surface area contributed by atoms with Crippen molar-refractivity contribution in [1.82, 2.24) is 4.72 Å². The zero-order chi connectivity index (χ0) is 14.5. The Morgan fingerprint density at radius 2 is 1.95 bits per heavy atom. The molecule has 102 valence electrons. The molecule has 1 aromatic carbocycles. The number of benzene rings is 1. The van der Waals surface area contributed by atoms with Crippen molar-refractivity contribution in [2.24, 2.45) is 0 Å². The van der Waals surface area contributed by atoms with E-state index in [0.29, 0.717) is 5.56 Å². The second-order valence-electron chi connectivity index (χ2n) is 3.89. The van der Waals surface area contributed by atoms with Gasteiger partial charge < -0.3 is 5.11 Å². The Hall–Kier alpha value is -1.92. The highest BCUT2D eigenvalue weighted by Crippen LogP contribution is 2.12. The van der Waals surface area contributed by atoms with Crippen molar-refractivity contribution in [3.8, 4) is 0 Å². The molecule has 0 saturated carbocycles. The van der Waals surface area contributed by atoms with Gasteiger partial charge in [-0.05, 0) is 30.7 Å². The number of rotatable bonds is 6. The lowest BCUT2D eigenvalue weighted by Crippen LogP contribution is -2.30. The van der Waals surface area contributed by atoms with Crippen molar-refractivity contribution in [3.05, 3.63) is 48.6 Å². The van der Waals surface area contributed by atoms with Crippen LogP contribution in [-0.2, 0) is 14.8 Å². The lowest BCUT2D eigenvalue weighted by Gasteiger charge is -2.10. The third-order valence-electron chi connectivity index (χ3n) is 2.30. The Morgan fingerprint density at radius 1 is 1.37 bits per heavy atom. The number of nitrogens with one attached hydrogen (secondary N) is 1. The summed E-state index contributed by atoms with van der Waals surface area (Å²) in [7, 11) is -3.58. The van der Waals surface area contributed by atoms with E-state index >= 15 is 0 Å². The minimum absolute atomic E-state index is 0.119. The number of hydrogen-bond donors (Lipinski definition) is 2. The van der Waals surface area contributed by atoms with Gasteiger partial charge in [-0.2, -0.15) is 0 Å². The molecule has 1 unspecified atom stereocenters. The summed E-state index contributed by atoms with van der Waals surface area (Å²) in [6.45, 7) is 5.18. The maximum absolute atomic E-state index is 11.9. The van der Waals surface area contributed by atoms with E-state index in [4.69, 9.17) is 5.11 Å². The smallest absolute Gasteiger partial charge is 0.328 e. The van der Waals surface area contributed by atoms with Crippen molar-refractivity contribution in [2.75, 3.05) is 0 Å². The number of carbonyl (C=O) groups is 1. The Balaban J connectivity index is 2.92. The van der Waals surface area contributed by atoms with Gasteiger partial charge in [0.2, 0.25) is 10.0 Å². The Kier molecular flexibility index (Phi) is 5.02. The van der Waals surface area contributed by atoms with Crippen LogP contribution in [0.15, 0.2) is 47.9 Å². The third kappa shape index (κ3) is 4.69. The van der Waals surface area contributed by atoms with E-state index in [-0.39, 0.29) is 10.9 Å². The third-order valence-corrected chi connectivity index (χ3v) is 3.88. The number of sulfonamides is 1. The summed E-state index contributed by atoms with van der Waals surface area (Å²) >= 11 is 0. The summed E-state index contributed by atoms with van der Waals surface area (Å²) < 4.78 is 26.2. The highest BCUT2D eigenvalue weighted by molar-refractivity contribution is 7.89. The lowest BCUT2D eigenvalue weighted by molar-refractivity contribution is -0.131. The van der Waals surface area contributed by atoms with Crippen LogP contribution < -0.4 is 4.72 Å². The lowest BCUT2D eigenvalue weighted by atomic mass is 10.2. The first-order valence-corrected chi connectivity index (χ1v) is 6.99. The number of carboxylic acids is 1. The summed E-state index contributed by atoms with van der Waals surface area (Å²) in [4.78, 5) is 10.5. The van der Waals surface area contributed by atoms with Gasteiger partial charge in [-0.25, -0.2) is 17.9 Å². The van der Waals surface area contributed by atoms with E-state index in [0.717, 1.165) is 6.08 Å². The van der Waals surface area contributed by atoms with E-state index in [9.17, 15) is 13.2 Å². The molecule has 0 aliphatic heterocycles. The van der Waals surface area contributed by atoms with Gasteiger partial charge in [-0.3, -0.25) is 0 Å². The second-order valence-corrected chi connectivity index (χ2v) is 5.60. The molecule has 1 aromatic rings. The van der Waals surface area contributed by atoms with Crippen LogP contribution in [0.4, 0.5) is 0 Å². The Labute approximate surface area is 112 Å². The molecule has 0 bridgehead atoms. The molecule has 0 saturated heterocycles. The van der Waals surface area contributed by atoms with E-state index < -0.39 is 16.0 Å². The molecule has 19 heavy (non-hydrogen) atoms. The molecule has 1 atom stereocenters. The largest absolute Gasteiger partial charge is 0.478 e. The minimum Gasteiger partial charge on any atom is -0.478 e. The standard InChI is InChI=1S/C13H15NO4S/c1-3-10(2)14-19(17,18)12-7-4-11(5-8-12)6-9-13(15)16/h3-10,14H,1H2,2H3,(H,15,16)/b9-6+. The molecule has 0 aromatic heterocycles. The highest BCUT2D eigenvalue weighted by Gasteiger charge is 2.15. The summed E-state index contributed by atoms with van der Waals surface area (Å²) in [5.74, 6) is -1.06. The van der Waals surface area contributed by atoms with E-state index in [2.05, 4.69) is 11.3 Å². The first-order valence-electron chi connectivity index (χ1n) is 5.51. The monoisotopic (exact) mass is 281 g/mol. The molecular formula is C13H15NO4S. The maximum Gasteiger partial charge on any atom is 0.328 e. The quantitative estimate of drug-likeness (QED) is 0.613.